The number of benzene rings is 1. The highest BCUT2D eigenvalue weighted by atomic mass is 32.1. The molecule has 0 radical (unpaired) electrons. The summed E-state index contributed by atoms with van der Waals surface area (Å²) in [6.07, 6.45) is 0. The van der Waals surface area contributed by atoms with Crippen LogP contribution in [0.4, 0.5) is 9.93 Å². The van der Waals surface area contributed by atoms with E-state index in [-0.39, 0.29) is 12.1 Å². The van der Waals surface area contributed by atoms with Crippen LogP contribution in [0.3, 0.4) is 0 Å². The summed E-state index contributed by atoms with van der Waals surface area (Å²) in [4.78, 5) is 12.0. The van der Waals surface area contributed by atoms with Gasteiger partial charge in [0.15, 0.2) is 11.5 Å². The number of fused-ring (bicyclic) bond motifs is 1. The Kier molecular flexibility index (Phi) is 4.10. The number of aromatic nitrogens is 2. The molecule has 22 heavy (non-hydrogen) atoms. The summed E-state index contributed by atoms with van der Waals surface area (Å²) in [5, 5.41) is 14.5. The Morgan fingerprint density at radius 1 is 1.27 bits per heavy atom. The smallest absolute Gasteiger partial charge is 0.321 e. The van der Waals surface area contributed by atoms with Crippen molar-refractivity contribution in [2.24, 2.45) is 0 Å². The summed E-state index contributed by atoms with van der Waals surface area (Å²) >= 11 is 1.33. The molecule has 2 heterocycles. The fourth-order valence-corrected chi connectivity index (χ4v) is 2.68. The molecule has 0 fully saturated rings. The first kappa shape index (κ1) is 14.6. The number of nitrogens with zero attached hydrogens (tertiary/aromatic N) is 2. The fraction of sp³-hybridized carbons (Fsp3) is 0.357. The van der Waals surface area contributed by atoms with Crippen LogP contribution in [0, 0.1) is 6.92 Å². The van der Waals surface area contributed by atoms with Gasteiger partial charge < -0.3 is 14.8 Å². The molecule has 3 rings (SSSR count). The molecule has 0 bridgehead atoms. The van der Waals surface area contributed by atoms with Crippen molar-refractivity contribution in [1.82, 2.24) is 15.5 Å². The Bertz CT molecular complexity index is 688. The summed E-state index contributed by atoms with van der Waals surface area (Å²) in [7, 11) is 0. The molecule has 1 atom stereocenters. The van der Waals surface area contributed by atoms with E-state index in [0.29, 0.717) is 24.1 Å². The van der Waals surface area contributed by atoms with Gasteiger partial charge in [-0.2, -0.15) is 0 Å². The molecule has 1 unspecified atom stereocenters. The molecule has 1 aliphatic rings. The minimum atomic E-state index is -0.321. The zero-order chi connectivity index (χ0) is 15.5. The van der Waals surface area contributed by atoms with Gasteiger partial charge in [-0.25, -0.2) is 4.79 Å². The lowest BCUT2D eigenvalue weighted by Crippen LogP contribution is -2.31. The molecular formula is C14H16N4O3S. The minimum Gasteiger partial charge on any atom is -0.486 e. The third-order valence-electron chi connectivity index (χ3n) is 3.16. The van der Waals surface area contributed by atoms with Crippen LogP contribution in [0.5, 0.6) is 11.5 Å². The Labute approximate surface area is 131 Å². The van der Waals surface area contributed by atoms with Crippen LogP contribution < -0.4 is 20.1 Å². The number of nitrogens with one attached hydrogen (secondary N) is 2. The van der Waals surface area contributed by atoms with Crippen molar-refractivity contribution in [3.63, 3.8) is 0 Å². The summed E-state index contributed by atoms with van der Waals surface area (Å²) in [6.45, 7) is 4.83. The highest BCUT2D eigenvalue weighted by Gasteiger charge is 2.16. The topological polar surface area (TPSA) is 85.4 Å². The SMILES string of the molecule is Cc1nnc(NC(=O)NC(C)c2ccc3c(c2)OCCO3)s1. The van der Waals surface area contributed by atoms with Gasteiger partial charge in [-0.3, -0.25) is 5.32 Å². The molecule has 7 nitrogen and oxygen atoms in total. The van der Waals surface area contributed by atoms with E-state index in [9.17, 15) is 4.79 Å². The first-order valence-electron chi connectivity index (χ1n) is 6.89. The highest BCUT2D eigenvalue weighted by Crippen LogP contribution is 2.32. The maximum absolute atomic E-state index is 12.0. The van der Waals surface area contributed by atoms with E-state index in [1.54, 1.807) is 0 Å². The van der Waals surface area contributed by atoms with Crippen LogP contribution in [-0.2, 0) is 0 Å². The fourth-order valence-electron chi connectivity index (χ4n) is 2.09. The number of amides is 2. The van der Waals surface area contributed by atoms with Crippen molar-refractivity contribution in [1.29, 1.82) is 0 Å². The molecule has 0 aliphatic carbocycles. The summed E-state index contributed by atoms with van der Waals surface area (Å²) in [5.41, 5.74) is 0.938. The lowest BCUT2D eigenvalue weighted by atomic mass is 10.1. The van der Waals surface area contributed by atoms with Gasteiger partial charge in [0.1, 0.15) is 18.2 Å². The van der Waals surface area contributed by atoms with E-state index in [1.807, 2.05) is 32.0 Å². The third kappa shape index (κ3) is 3.28. The average Bonchev–Trinajstić information content (AvgIpc) is 2.91. The number of carbonyl (C=O) groups excluding carboxylic acids is 1. The molecule has 1 aliphatic heterocycles. The number of urea groups is 1. The van der Waals surface area contributed by atoms with Gasteiger partial charge in [0.05, 0.1) is 6.04 Å². The van der Waals surface area contributed by atoms with Crippen LogP contribution in [0.1, 0.15) is 23.5 Å². The first-order valence-corrected chi connectivity index (χ1v) is 7.70. The van der Waals surface area contributed by atoms with Crippen LogP contribution in [0.25, 0.3) is 0 Å². The molecule has 0 saturated heterocycles. The van der Waals surface area contributed by atoms with Gasteiger partial charge in [-0.15, -0.1) is 10.2 Å². The quantitative estimate of drug-likeness (QED) is 0.907. The van der Waals surface area contributed by atoms with Crippen LogP contribution in [0.2, 0.25) is 0 Å². The predicted molar refractivity (Wildman–Crippen MR) is 82.6 cm³/mol. The number of rotatable bonds is 3. The van der Waals surface area contributed by atoms with Crippen molar-refractivity contribution in [3.8, 4) is 11.5 Å². The summed E-state index contributed by atoms with van der Waals surface area (Å²) < 4.78 is 11.0. The molecular weight excluding hydrogens is 304 g/mol. The maximum atomic E-state index is 12.0. The molecule has 2 aromatic rings. The number of carbonyl (C=O) groups is 1. The molecule has 1 aromatic carbocycles. The van der Waals surface area contributed by atoms with Gasteiger partial charge in [0.25, 0.3) is 0 Å². The third-order valence-corrected chi connectivity index (χ3v) is 3.91. The van der Waals surface area contributed by atoms with E-state index in [1.165, 1.54) is 11.3 Å². The van der Waals surface area contributed by atoms with Gasteiger partial charge >= 0.3 is 6.03 Å². The minimum absolute atomic E-state index is 0.176. The largest absolute Gasteiger partial charge is 0.486 e. The van der Waals surface area contributed by atoms with Crippen molar-refractivity contribution in [2.75, 3.05) is 18.5 Å². The van der Waals surface area contributed by atoms with Crippen LogP contribution >= 0.6 is 11.3 Å². The second-order valence-electron chi connectivity index (χ2n) is 4.85. The molecule has 2 amide bonds. The second kappa shape index (κ2) is 6.18. The molecule has 0 spiro atoms. The van der Waals surface area contributed by atoms with E-state index < -0.39 is 0 Å². The van der Waals surface area contributed by atoms with E-state index in [2.05, 4.69) is 20.8 Å². The monoisotopic (exact) mass is 320 g/mol. The summed E-state index contributed by atoms with van der Waals surface area (Å²) in [5.74, 6) is 1.44. The number of hydrogen-bond donors (Lipinski definition) is 2. The van der Waals surface area contributed by atoms with Crippen molar-refractivity contribution < 1.29 is 14.3 Å². The predicted octanol–water partition coefficient (Wildman–Crippen LogP) is 2.50. The van der Waals surface area contributed by atoms with Gasteiger partial charge in [-0.05, 0) is 31.5 Å². The average molecular weight is 320 g/mol. The number of aryl methyl sites for hydroxylation is 1. The van der Waals surface area contributed by atoms with E-state index in [0.717, 1.165) is 16.3 Å². The molecule has 116 valence electrons. The zero-order valence-corrected chi connectivity index (χ0v) is 13.1. The first-order chi connectivity index (χ1) is 10.6. The van der Waals surface area contributed by atoms with Gasteiger partial charge in [0, 0.05) is 0 Å². The Morgan fingerprint density at radius 3 is 2.77 bits per heavy atom. The highest BCUT2D eigenvalue weighted by molar-refractivity contribution is 7.15. The molecule has 0 saturated carbocycles. The van der Waals surface area contributed by atoms with Crippen molar-refractivity contribution in [3.05, 3.63) is 28.8 Å². The summed E-state index contributed by atoms with van der Waals surface area (Å²) in [6, 6.07) is 5.15. The maximum Gasteiger partial charge on any atom is 0.321 e. The van der Waals surface area contributed by atoms with Crippen LogP contribution in [0.15, 0.2) is 18.2 Å². The lowest BCUT2D eigenvalue weighted by Gasteiger charge is -2.21. The normalized spacial score (nSPS) is 14.3. The Hall–Kier alpha value is -2.35. The Morgan fingerprint density at radius 2 is 2.05 bits per heavy atom. The molecule has 2 N–H and O–H groups in total. The second-order valence-corrected chi connectivity index (χ2v) is 6.03. The lowest BCUT2D eigenvalue weighted by molar-refractivity contribution is 0.171. The number of ether oxygens (including phenoxy) is 2. The standard InChI is InChI=1S/C14H16N4O3S/c1-8(15-13(19)16-14-18-17-9(2)22-14)10-3-4-11-12(7-10)21-6-5-20-11/h3-4,7-8H,5-6H2,1-2H3,(H2,15,16,18,19). The molecule has 8 heteroatoms. The van der Waals surface area contributed by atoms with E-state index in [4.69, 9.17) is 9.47 Å². The van der Waals surface area contributed by atoms with Crippen LogP contribution in [-0.4, -0.2) is 29.4 Å². The van der Waals surface area contributed by atoms with Crippen molar-refractivity contribution in [2.45, 2.75) is 19.9 Å². The van der Waals surface area contributed by atoms with Gasteiger partial charge in [0.2, 0.25) is 5.13 Å². The zero-order valence-electron chi connectivity index (χ0n) is 12.3. The van der Waals surface area contributed by atoms with Gasteiger partial charge in [-0.1, -0.05) is 17.4 Å². The Balaban J connectivity index is 1.63. The van der Waals surface area contributed by atoms with E-state index >= 15 is 0 Å². The molecule has 1 aromatic heterocycles. The number of anilines is 1. The van der Waals surface area contributed by atoms with Crippen molar-refractivity contribution >= 4 is 22.5 Å². The number of hydrogen-bond acceptors (Lipinski definition) is 6.